The Morgan fingerprint density at radius 2 is 2.14 bits per heavy atom. The number of halogens is 1. The van der Waals surface area contributed by atoms with Gasteiger partial charge in [0.05, 0.1) is 29.1 Å². The second-order valence-electron chi connectivity index (χ2n) is 4.26. The van der Waals surface area contributed by atoms with Gasteiger partial charge in [0.1, 0.15) is 0 Å². The monoisotopic (exact) mass is 307 g/mol. The van der Waals surface area contributed by atoms with Gasteiger partial charge >= 0.3 is 5.97 Å². The molecule has 1 aromatic carbocycles. The van der Waals surface area contributed by atoms with Crippen LogP contribution in [0, 0.1) is 0 Å². The highest BCUT2D eigenvalue weighted by Crippen LogP contribution is 2.24. The molecule has 1 aromatic heterocycles. The van der Waals surface area contributed by atoms with Crippen LogP contribution in [0.5, 0.6) is 0 Å². The summed E-state index contributed by atoms with van der Waals surface area (Å²) in [4.78, 5) is 23.7. The highest BCUT2D eigenvalue weighted by atomic mass is 35.5. The fourth-order valence-corrected chi connectivity index (χ4v) is 1.78. The Morgan fingerprint density at radius 1 is 1.33 bits per heavy atom. The van der Waals surface area contributed by atoms with Gasteiger partial charge in [0, 0.05) is 0 Å². The van der Waals surface area contributed by atoms with Gasteiger partial charge in [-0.15, -0.1) is 0 Å². The molecule has 0 atom stereocenters. The first-order valence-electron chi connectivity index (χ1n) is 6.43. The highest BCUT2D eigenvalue weighted by Gasteiger charge is 2.14. The number of hydrogen-bond donors (Lipinski definition) is 1. The van der Waals surface area contributed by atoms with E-state index in [1.807, 2.05) is 6.92 Å². The average molecular weight is 308 g/mol. The Labute approximate surface area is 126 Å². The predicted octanol–water partition coefficient (Wildman–Crippen LogP) is 3.75. The van der Waals surface area contributed by atoms with Crippen molar-refractivity contribution >= 4 is 29.2 Å². The van der Waals surface area contributed by atoms with Crippen molar-refractivity contribution in [3.05, 3.63) is 52.9 Å². The van der Waals surface area contributed by atoms with Gasteiger partial charge in [-0.05, 0) is 36.8 Å². The van der Waals surface area contributed by atoms with Crippen molar-refractivity contribution in [2.45, 2.75) is 13.3 Å². The van der Waals surface area contributed by atoms with Crippen LogP contribution < -0.4 is 5.32 Å². The van der Waals surface area contributed by atoms with Crippen LogP contribution in [0.15, 0.2) is 41.0 Å². The molecule has 110 valence electrons. The fraction of sp³-hybridized carbons (Fsp3) is 0.200. The van der Waals surface area contributed by atoms with E-state index in [4.69, 9.17) is 20.8 Å². The summed E-state index contributed by atoms with van der Waals surface area (Å²) in [6.07, 6.45) is 2.14. The summed E-state index contributed by atoms with van der Waals surface area (Å²) >= 11 is 6.01. The van der Waals surface area contributed by atoms with Gasteiger partial charge in [0.2, 0.25) is 0 Å². The number of carbonyl (C=O) groups is 2. The molecule has 0 fully saturated rings. The second-order valence-corrected chi connectivity index (χ2v) is 4.67. The fourth-order valence-electron chi connectivity index (χ4n) is 1.62. The van der Waals surface area contributed by atoms with Crippen LogP contribution in [0.25, 0.3) is 0 Å². The smallest absolute Gasteiger partial charge is 0.338 e. The molecule has 0 saturated carbocycles. The maximum Gasteiger partial charge on any atom is 0.338 e. The summed E-state index contributed by atoms with van der Waals surface area (Å²) < 4.78 is 10.0. The summed E-state index contributed by atoms with van der Waals surface area (Å²) in [5, 5.41) is 2.91. The van der Waals surface area contributed by atoms with Crippen molar-refractivity contribution in [1.29, 1.82) is 0 Å². The van der Waals surface area contributed by atoms with Crippen LogP contribution >= 0.6 is 11.6 Å². The maximum absolute atomic E-state index is 11.9. The minimum Gasteiger partial charge on any atom is -0.462 e. The average Bonchev–Trinajstić information content (AvgIpc) is 3.01. The third kappa shape index (κ3) is 3.86. The zero-order valence-corrected chi connectivity index (χ0v) is 12.1. The van der Waals surface area contributed by atoms with Crippen LogP contribution in [0.4, 0.5) is 5.69 Å². The molecule has 0 spiro atoms. The second kappa shape index (κ2) is 6.95. The molecule has 1 N–H and O–H groups in total. The molecule has 0 aliphatic carbocycles. The van der Waals surface area contributed by atoms with Gasteiger partial charge in [-0.1, -0.05) is 18.5 Å². The molecule has 6 heteroatoms. The maximum atomic E-state index is 11.9. The zero-order valence-electron chi connectivity index (χ0n) is 11.4. The largest absolute Gasteiger partial charge is 0.462 e. The van der Waals surface area contributed by atoms with Crippen molar-refractivity contribution in [2.75, 3.05) is 11.9 Å². The first-order valence-corrected chi connectivity index (χ1v) is 6.81. The van der Waals surface area contributed by atoms with Gasteiger partial charge in [-0.25, -0.2) is 4.79 Å². The Hall–Kier alpha value is -2.27. The summed E-state index contributed by atoms with van der Waals surface area (Å²) in [5.74, 6) is -0.743. The van der Waals surface area contributed by atoms with Crippen molar-refractivity contribution in [3.8, 4) is 0 Å². The number of amides is 1. The number of furan rings is 1. The van der Waals surface area contributed by atoms with E-state index in [0.717, 1.165) is 6.42 Å². The van der Waals surface area contributed by atoms with E-state index < -0.39 is 11.9 Å². The zero-order chi connectivity index (χ0) is 15.2. The Balaban J connectivity index is 2.15. The van der Waals surface area contributed by atoms with Gasteiger partial charge in [-0.2, -0.15) is 0 Å². The molecule has 0 saturated heterocycles. The molecule has 2 rings (SSSR count). The minimum atomic E-state index is -0.456. The molecule has 0 aliphatic rings. The van der Waals surface area contributed by atoms with Crippen LogP contribution in [0.3, 0.4) is 0 Å². The van der Waals surface area contributed by atoms with Gasteiger partial charge in [0.15, 0.2) is 5.76 Å². The number of nitrogens with one attached hydrogen (secondary N) is 1. The first-order chi connectivity index (χ1) is 10.1. The van der Waals surface area contributed by atoms with Crippen LogP contribution in [0.2, 0.25) is 5.02 Å². The number of carbonyl (C=O) groups excluding carboxylic acids is 2. The van der Waals surface area contributed by atoms with Crippen molar-refractivity contribution in [2.24, 2.45) is 0 Å². The summed E-state index contributed by atoms with van der Waals surface area (Å²) in [6, 6.07) is 7.68. The number of hydrogen-bond acceptors (Lipinski definition) is 4. The molecule has 0 radical (unpaired) electrons. The summed E-state index contributed by atoms with van der Waals surface area (Å²) in [5.41, 5.74) is 0.645. The lowest BCUT2D eigenvalue weighted by Gasteiger charge is -2.08. The lowest BCUT2D eigenvalue weighted by Crippen LogP contribution is -2.12. The van der Waals surface area contributed by atoms with E-state index in [1.54, 1.807) is 12.1 Å². The predicted molar refractivity (Wildman–Crippen MR) is 78.7 cm³/mol. The minimum absolute atomic E-state index is 0.157. The number of esters is 1. The van der Waals surface area contributed by atoms with E-state index in [2.05, 4.69) is 5.32 Å². The molecule has 2 aromatic rings. The summed E-state index contributed by atoms with van der Waals surface area (Å²) in [6.45, 7) is 2.25. The van der Waals surface area contributed by atoms with Gasteiger partial charge in [0.25, 0.3) is 5.91 Å². The van der Waals surface area contributed by atoms with E-state index >= 15 is 0 Å². The number of anilines is 1. The Kier molecular flexibility index (Phi) is 5.00. The number of ether oxygens (including phenoxy) is 1. The van der Waals surface area contributed by atoms with E-state index in [0.29, 0.717) is 22.9 Å². The topological polar surface area (TPSA) is 68.5 Å². The number of rotatable bonds is 5. The van der Waals surface area contributed by atoms with E-state index in [9.17, 15) is 9.59 Å². The van der Waals surface area contributed by atoms with Crippen molar-refractivity contribution in [1.82, 2.24) is 0 Å². The molecule has 21 heavy (non-hydrogen) atoms. The Morgan fingerprint density at radius 3 is 2.81 bits per heavy atom. The molecule has 0 aliphatic heterocycles. The van der Waals surface area contributed by atoms with E-state index in [1.165, 1.54) is 24.5 Å². The number of benzene rings is 1. The molecule has 0 bridgehead atoms. The van der Waals surface area contributed by atoms with Crippen LogP contribution in [-0.4, -0.2) is 18.5 Å². The molecule has 5 nitrogen and oxygen atoms in total. The standard InChI is InChI=1S/C15H14ClNO4/c1-2-7-21-15(19)10-5-6-11(16)12(9-10)17-14(18)13-4-3-8-20-13/h3-6,8-9H,2,7H2,1H3,(H,17,18). The lowest BCUT2D eigenvalue weighted by atomic mass is 10.2. The molecular formula is C15H14ClNO4. The van der Waals surface area contributed by atoms with E-state index in [-0.39, 0.29) is 5.76 Å². The van der Waals surface area contributed by atoms with Gasteiger partial charge in [-0.3, -0.25) is 4.79 Å². The summed E-state index contributed by atoms with van der Waals surface area (Å²) in [7, 11) is 0. The third-order valence-corrected chi connectivity index (χ3v) is 2.96. The van der Waals surface area contributed by atoms with Crippen LogP contribution in [-0.2, 0) is 4.74 Å². The quantitative estimate of drug-likeness (QED) is 0.854. The molecule has 0 unspecified atom stereocenters. The molecule has 1 heterocycles. The van der Waals surface area contributed by atoms with Crippen LogP contribution in [0.1, 0.15) is 34.3 Å². The van der Waals surface area contributed by atoms with Crippen molar-refractivity contribution < 1.29 is 18.7 Å². The SMILES string of the molecule is CCCOC(=O)c1ccc(Cl)c(NC(=O)c2ccco2)c1. The normalized spacial score (nSPS) is 10.2. The first kappa shape index (κ1) is 15.1. The molecular weight excluding hydrogens is 294 g/mol. The van der Waals surface area contributed by atoms with Gasteiger partial charge < -0.3 is 14.5 Å². The third-order valence-electron chi connectivity index (χ3n) is 2.63. The lowest BCUT2D eigenvalue weighted by molar-refractivity contribution is 0.0505. The Bertz CT molecular complexity index is 637. The van der Waals surface area contributed by atoms with Crippen molar-refractivity contribution in [3.63, 3.8) is 0 Å². The highest BCUT2D eigenvalue weighted by molar-refractivity contribution is 6.34. The molecule has 1 amide bonds.